The fourth-order valence-corrected chi connectivity index (χ4v) is 2.49. The summed E-state index contributed by atoms with van der Waals surface area (Å²) < 4.78 is 0. The number of nitro benzene ring substituents is 1. The normalized spacial score (nSPS) is 11.4. The number of nitrogens with zero attached hydrogens (tertiary/aromatic N) is 1. The minimum atomic E-state index is -0.489. The van der Waals surface area contributed by atoms with Crippen LogP contribution in [-0.2, 0) is 4.79 Å². The number of amides is 1. The van der Waals surface area contributed by atoms with Gasteiger partial charge in [0.05, 0.1) is 11.5 Å². The summed E-state index contributed by atoms with van der Waals surface area (Å²) in [6.07, 6.45) is 0. The zero-order valence-corrected chi connectivity index (χ0v) is 16.2. The van der Waals surface area contributed by atoms with Crippen molar-refractivity contribution in [2.45, 2.75) is 25.8 Å². The number of hydrogen-bond acceptors (Lipinski definition) is 5. The van der Waals surface area contributed by atoms with Crippen LogP contribution in [0, 0.1) is 10.1 Å². The standard InChI is InChI=1S/C19H24N4O3.ClH/c1-13(2)14-7-9-15(10-8-14)16(20)11-22-19(24)12-21-17-5-3-4-6-18(17)23(25)26;/h3-10,13,16,21H,11-12,20H2,1-2H3,(H,22,24);1H. The summed E-state index contributed by atoms with van der Waals surface area (Å²) in [4.78, 5) is 22.4. The topological polar surface area (TPSA) is 110 Å². The number of carbonyl (C=O) groups is 1. The third-order valence-corrected chi connectivity index (χ3v) is 4.09. The Morgan fingerprint density at radius 3 is 2.30 bits per heavy atom. The van der Waals surface area contributed by atoms with E-state index in [9.17, 15) is 14.9 Å². The Bertz CT molecular complexity index is 766. The number of anilines is 1. The van der Waals surface area contributed by atoms with Gasteiger partial charge in [0.1, 0.15) is 5.69 Å². The molecule has 0 heterocycles. The lowest BCUT2D eigenvalue weighted by atomic mass is 9.99. The van der Waals surface area contributed by atoms with E-state index in [1.165, 1.54) is 11.6 Å². The van der Waals surface area contributed by atoms with Gasteiger partial charge >= 0.3 is 0 Å². The molecule has 0 saturated carbocycles. The molecule has 2 aromatic rings. The van der Waals surface area contributed by atoms with Gasteiger partial charge in [-0.2, -0.15) is 0 Å². The Morgan fingerprint density at radius 2 is 1.70 bits per heavy atom. The summed E-state index contributed by atoms with van der Waals surface area (Å²) >= 11 is 0. The van der Waals surface area contributed by atoms with Crippen LogP contribution in [0.4, 0.5) is 11.4 Å². The van der Waals surface area contributed by atoms with Gasteiger partial charge in [0.25, 0.3) is 5.69 Å². The number of carbonyl (C=O) groups excluding carboxylic acids is 1. The average molecular weight is 393 g/mol. The first-order valence-electron chi connectivity index (χ1n) is 8.48. The molecule has 1 amide bonds. The maximum absolute atomic E-state index is 12.0. The fraction of sp³-hybridized carbons (Fsp3) is 0.316. The molecule has 0 radical (unpaired) electrons. The molecule has 0 spiro atoms. The minimum absolute atomic E-state index is 0. The van der Waals surface area contributed by atoms with Crippen molar-refractivity contribution in [2.75, 3.05) is 18.4 Å². The average Bonchev–Trinajstić information content (AvgIpc) is 2.64. The molecule has 2 aromatic carbocycles. The van der Waals surface area contributed by atoms with E-state index in [0.29, 0.717) is 18.2 Å². The van der Waals surface area contributed by atoms with Gasteiger partial charge in [-0.05, 0) is 23.1 Å². The number of para-hydroxylation sites is 2. The maximum atomic E-state index is 12.0. The van der Waals surface area contributed by atoms with E-state index < -0.39 is 4.92 Å². The van der Waals surface area contributed by atoms with Gasteiger partial charge in [-0.15, -0.1) is 12.4 Å². The summed E-state index contributed by atoms with van der Waals surface area (Å²) in [5.41, 5.74) is 8.54. The van der Waals surface area contributed by atoms with Gasteiger partial charge in [-0.1, -0.05) is 50.2 Å². The Labute approximate surface area is 164 Å². The van der Waals surface area contributed by atoms with E-state index in [-0.39, 0.29) is 36.6 Å². The Kier molecular flexibility index (Phi) is 8.71. The molecule has 0 aromatic heterocycles. The highest BCUT2D eigenvalue weighted by atomic mass is 35.5. The van der Waals surface area contributed by atoms with Crippen LogP contribution >= 0.6 is 12.4 Å². The second kappa shape index (κ2) is 10.5. The third-order valence-electron chi connectivity index (χ3n) is 4.09. The van der Waals surface area contributed by atoms with Gasteiger partial charge < -0.3 is 16.4 Å². The molecule has 0 saturated heterocycles. The number of nitro groups is 1. The van der Waals surface area contributed by atoms with E-state index in [1.807, 2.05) is 24.3 Å². The molecule has 146 valence electrons. The zero-order chi connectivity index (χ0) is 19.1. The number of rotatable bonds is 8. The number of nitrogens with two attached hydrogens (primary N) is 1. The van der Waals surface area contributed by atoms with Crippen LogP contribution in [-0.4, -0.2) is 23.9 Å². The number of halogens is 1. The molecule has 0 fully saturated rings. The Balaban J connectivity index is 0.00000364. The van der Waals surface area contributed by atoms with Crippen LogP contribution < -0.4 is 16.4 Å². The molecule has 0 bridgehead atoms. The van der Waals surface area contributed by atoms with Crippen LogP contribution in [0.1, 0.15) is 36.9 Å². The Hall–Kier alpha value is -2.64. The predicted octanol–water partition coefficient (Wildman–Crippen LogP) is 3.37. The molecular formula is C19H25ClN4O3. The van der Waals surface area contributed by atoms with Crippen molar-refractivity contribution >= 4 is 29.7 Å². The smallest absolute Gasteiger partial charge is 0.292 e. The van der Waals surface area contributed by atoms with Crippen LogP contribution in [0.15, 0.2) is 48.5 Å². The largest absolute Gasteiger partial charge is 0.371 e. The van der Waals surface area contributed by atoms with Crippen molar-refractivity contribution in [3.63, 3.8) is 0 Å². The van der Waals surface area contributed by atoms with Crippen molar-refractivity contribution in [3.8, 4) is 0 Å². The van der Waals surface area contributed by atoms with Gasteiger partial charge in [0.15, 0.2) is 0 Å². The van der Waals surface area contributed by atoms with Gasteiger partial charge in [-0.25, -0.2) is 0 Å². The predicted molar refractivity (Wildman–Crippen MR) is 109 cm³/mol. The van der Waals surface area contributed by atoms with Crippen molar-refractivity contribution in [2.24, 2.45) is 5.73 Å². The van der Waals surface area contributed by atoms with Gasteiger partial charge in [-0.3, -0.25) is 14.9 Å². The van der Waals surface area contributed by atoms with Crippen molar-refractivity contribution < 1.29 is 9.72 Å². The molecular weight excluding hydrogens is 368 g/mol. The molecule has 8 heteroatoms. The van der Waals surface area contributed by atoms with Crippen LogP contribution in [0.25, 0.3) is 0 Å². The van der Waals surface area contributed by atoms with Gasteiger partial charge in [0, 0.05) is 18.7 Å². The molecule has 0 aliphatic rings. The number of benzene rings is 2. The zero-order valence-electron chi connectivity index (χ0n) is 15.3. The van der Waals surface area contributed by atoms with E-state index in [4.69, 9.17) is 5.73 Å². The summed E-state index contributed by atoms with van der Waals surface area (Å²) in [5.74, 6) is 0.172. The number of nitrogens with one attached hydrogen (secondary N) is 2. The summed E-state index contributed by atoms with van der Waals surface area (Å²) in [6.45, 7) is 4.47. The van der Waals surface area contributed by atoms with Crippen LogP contribution in [0.2, 0.25) is 0 Å². The lowest BCUT2D eigenvalue weighted by molar-refractivity contribution is -0.383. The molecule has 27 heavy (non-hydrogen) atoms. The summed E-state index contributed by atoms with van der Waals surface area (Å²) in [5, 5.41) is 16.5. The van der Waals surface area contributed by atoms with E-state index in [1.54, 1.807) is 18.2 Å². The van der Waals surface area contributed by atoms with Gasteiger partial charge in [0.2, 0.25) is 5.91 Å². The monoisotopic (exact) mass is 392 g/mol. The van der Waals surface area contributed by atoms with E-state index in [0.717, 1.165) is 5.56 Å². The molecule has 1 atom stereocenters. The van der Waals surface area contributed by atoms with Crippen LogP contribution in [0.5, 0.6) is 0 Å². The molecule has 1 unspecified atom stereocenters. The SMILES string of the molecule is CC(C)c1ccc(C(N)CNC(=O)CNc2ccccc2[N+](=O)[O-])cc1.Cl. The highest BCUT2D eigenvalue weighted by Gasteiger charge is 2.13. The molecule has 4 N–H and O–H groups in total. The molecule has 0 aliphatic carbocycles. The minimum Gasteiger partial charge on any atom is -0.371 e. The first-order chi connectivity index (χ1) is 12.4. The second-order valence-corrected chi connectivity index (χ2v) is 6.36. The van der Waals surface area contributed by atoms with Crippen molar-refractivity contribution in [3.05, 3.63) is 69.8 Å². The second-order valence-electron chi connectivity index (χ2n) is 6.36. The Morgan fingerprint density at radius 1 is 1.11 bits per heavy atom. The highest BCUT2D eigenvalue weighted by Crippen LogP contribution is 2.22. The lowest BCUT2D eigenvalue weighted by Crippen LogP contribution is -2.35. The molecule has 7 nitrogen and oxygen atoms in total. The lowest BCUT2D eigenvalue weighted by Gasteiger charge is -2.15. The van der Waals surface area contributed by atoms with Crippen molar-refractivity contribution in [1.82, 2.24) is 5.32 Å². The molecule has 2 rings (SSSR count). The maximum Gasteiger partial charge on any atom is 0.292 e. The summed E-state index contributed by atoms with van der Waals surface area (Å²) in [7, 11) is 0. The fourth-order valence-electron chi connectivity index (χ4n) is 2.49. The van der Waals surface area contributed by atoms with Crippen LogP contribution in [0.3, 0.4) is 0 Å². The third kappa shape index (κ3) is 6.54. The summed E-state index contributed by atoms with van der Waals surface area (Å²) in [6, 6.07) is 13.9. The first-order valence-corrected chi connectivity index (χ1v) is 8.48. The van der Waals surface area contributed by atoms with E-state index >= 15 is 0 Å². The van der Waals surface area contributed by atoms with E-state index in [2.05, 4.69) is 24.5 Å². The first kappa shape index (κ1) is 22.4. The number of hydrogen-bond donors (Lipinski definition) is 3. The molecule has 0 aliphatic heterocycles. The highest BCUT2D eigenvalue weighted by molar-refractivity contribution is 5.85. The quantitative estimate of drug-likeness (QED) is 0.471. The van der Waals surface area contributed by atoms with Crippen molar-refractivity contribution in [1.29, 1.82) is 0 Å².